The van der Waals surface area contributed by atoms with E-state index in [4.69, 9.17) is 11.6 Å². The Hall–Kier alpha value is -2.86. The molecule has 27 heavy (non-hydrogen) atoms. The summed E-state index contributed by atoms with van der Waals surface area (Å²) in [4.78, 5) is 26.1. The molecule has 0 aliphatic carbocycles. The molecule has 6 nitrogen and oxygen atoms in total. The summed E-state index contributed by atoms with van der Waals surface area (Å²) >= 11 is 5.82. The lowest BCUT2D eigenvalue weighted by atomic mass is 10.2. The number of benzene rings is 1. The minimum absolute atomic E-state index is 0.0648. The minimum Gasteiger partial charge on any atom is -0.378 e. The van der Waals surface area contributed by atoms with E-state index in [-0.39, 0.29) is 5.56 Å². The Bertz CT molecular complexity index is 1040. The summed E-state index contributed by atoms with van der Waals surface area (Å²) < 4.78 is 1.70. The molecular weight excluding hydrogens is 362 g/mol. The second kappa shape index (κ2) is 8.68. The summed E-state index contributed by atoms with van der Waals surface area (Å²) in [7, 11) is 3.99. The van der Waals surface area contributed by atoms with Gasteiger partial charge in [0.1, 0.15) is 17.2 Å². The number of hydrogen-bond donors (Lipinski definition) is 1. The van der Waals surface area contributed by atoms with Gasteiger partial charge < -0.3 is 9.88 Å². The number of allylic oxidation sites excluding steroid dienone is 2. The topological polar surface area (TPSA) is 65.8 Å². The zero-order valence-corrected chi connectivity index (χ0v) is 16.1. The van der Waals surface area contributed by atoms with E-state index in [2.05, 4.69) is 15.0 Å². The third-order valence-electron chi connectivity index (χ3n) is 4.16. The van der Waals surface area contributed by atoms with Crippen molar-refractivity contribution in [1.82, 2.24) is 9.55 Å². The molecule has 0 fully saturated rings. The maximum Gasteiger partial charge on any atom is 0.275 e. The lowest BCUT2D eigenvalue weighted by molar-refractivity contribution is 0.644. The summed E-state index contributed by atoms with van der Waals surface area (Å²) in [6.07, 6.45) is 9.40. The fourth-order valence-electron chi connectivity index (χ4n) is 2.71. The molecule has 1 aliphatic rings. The molecule has 7 heteroatoms. The number of aromatic amines is 1. The molecule has 0 amide bonds. The van der Waals surface area contributed by atoms with Crippen LogP contribution in [0.25, 0.3) is 12.2 Å². The fourth-order valence-corrected chi connectivity index (χ4v) is 2.83. The molecule has 2 aromatic rings. The first-order chi connectivity index (χ1) is 13.1. The van der Waals surface area contributed by atoms with Gasteiger partial charge in [-0.15, -0.1) is 11.6 Å². The molecule has 1 aliphatic heterocycles. The number of nitrogens with zero attached hydrogens (tertiary/aromatic N) is 4. The van der Waals surface area contributed by atoms with Crippen LogP contribution in [0.4, 0.5) is 5.69 Å². The van der Waals surface area contributed by atoms with Gasteiger partial charge >= 0.3 is 0 Å². The monoisotopic (exact) mass is 383 g/mol. The third kappa shape index (κ3) is 4.65. The first-order valence-corrected chi connectivity index (χ1v) is 9.23. The van der Waals surface area contributed by atoms with Gasteiger partial charge in [-0.3, -0.25) is 9.36 Å². The molecule has 0 saturated heterocycles. The minimum atomic E-state index is -0.0648. The summed E-state index contributed by atoms with van der Waals surface area (Å²) in [5, 5.41) is 0.537. The van der Waals surface area contributed by atoms with Crippen molar-refractivity contribution in [2.75, 3.05) is 24.9 Å². The number of rotatable bonds is 6. The van der Waals surface area contributed by atoms with Crippen LogP contribution in [0.15, 0.2) is 50.8 Å². The van der Waals surface area contributed by atoms with Gasteiger partial charge in [0.05, 0.1) is 11.9 Å². The van der Waals surface area contributed by atoms with Crippen molar-refractivity contribution >= 4 is 42.0 Å². The molecule has 140 valence electrons. The van der Waals surface area contributed by atoms with E-state index in [1.807, 2.05) is 61.5 Å². The highest BCUT2D eigenvalue weighted by atomic mass is 35.5. The maximum absolute atomic E-state index is 12.8. The maximum atomic E-state index is 12.8. The Morgan fingerprint density at radius 3 is 2.63 bits per heavy atom. The van der Waals surface area contributed by atoms with Crippen LogP contribution in [-0.2, 0) is 6.54 Å². The van der Waals surface area contributed by atoms with Crippen LogP contribution >= 0.6 is 11.6 Å². The van der Waals surface area contributed by atoms with Crippen molar-refractivity contribution in [3.63, 3.8) is 0 Å². The van der Waals surface area contributed by atoms with Gasteiger partial charge in [-0.25, -0.2) is 9.98 Å². The molecular formula is C20H22ClN5O. The van der Waals surface area contributed by atoms with Gasteiger partial charge in [0.25, 0.3) is 5.56 Å². The molecule has 2 heterocycles. The predicted octanol–water partition coefficient (Wildman–Crippen LogP) is 1.48. The number of nitrogens with one attached hydrogen (secondary N) is 1. The number of imidazole rings is 1. The SMILES string of the molecule is CN(C)c1ccc(/C=c2\[nH]/c(=C\C=C3/C=NC=N3)n(CCCCl)c2=O)cc1. The van der Waals surface area contributed by atoms with Gasteiger partial charge in [0.2, 0.25) is 0 Å². The highest BCUT2D eigenvalue weighted by Crippen LogP contribution is 2.12. The Labute approximate surface area is 162 Å². The zero-order valence-electron chi connectivity index (χ0n) is 15.4. The van der Waals surface area contributed by atoms with Crippen molar-refractivity contribution in [2.24, 2.45) is 9.98 Å². The third-order valence-corrected chi connectivity index (χ3v) is 4.42. The van der Waals surface area contributed by atoms with Crippen molar-refractivity contribution in [3.8, 4) is 0 Å². The number of aliphatic imine (C=N–C) groups is 2. The fraction of sp³-hybridized carbons (Fsp3) is 0.250. The Kier molecular flexibility index (Phi) is 6.08. The lowest BCUT2D eigenvalue weighted by Gasteiger charge is -2.11. The second-order valence-corrected chi connectivity index (χ2v) is 6.71. The lowest BCUT2D eigenvalue weighted by Crippen LogP contribution is -2.31. The predicted molar refractivity (Wildman–Crippen MR) is 114 cm³/mol. The largest absolute Gasteiger partial charge is 0.378 e. The summed E-state index contributed by atoms with van der Waals surface area (Å²) in [5.74, 6) is 0.500. The van der Waals surface area contributed by atoms with Gasteiger partial charge in [0.15, 0.2) is 0 Å². The van der Waals surface area contributed by atoms with Gasteiger partial charge in [-0.1, -0.05) is 12.1 Å². The van der Waals surface area contributed by atoms with E-state index in [9.17, 15) is 4.79 Å². The molecule has 0 saturated carbocycles. The number of anilines is 1. The molecule has 1 aromatic carbocycles. The van der Waals surface area contributed by atoms with Crippen molar-refractivity contribution in [2.45, 2.75) is 13.0 Å². The average Bonchev–Trinajstić information content (AvgIpc) is 3.28. The van der Waals surface area contributed by atoms with Crippen LogP contribution in [0.2, 0.25) is 0 Å². The van der Waals surface area contributed by atoms with Crippen LogP contribution in [0.5, 0.6) is 0 Å². The Balaban J connectivity index is 2.04. The van der Waals surface area contributed by atoms with E-state index in [1.165, 1.54) is 6.34 Å². The van der Waals surface area contributed by atoms with Gasteiger partial charge in [-0.2, -0.15) is 0 Å². The quantitative estimate of drug-likeness (QED) is 0.768. The zero-order chi connectivity index (χ0) is 19.2. The van der Waals surface area contributed by atoms with E-state index in [0.717, 1.165) is 16.9 Å². The van der Waals surface area contributed by atoms with Crippen LogP contribution in [0.3, 0.4) is 0 Å². The number of H-pyrrole nitrogens is 1. The van der Waals surface area contributed by atoms with Crippen molar-refractivity contribution in [3.05, 3.63) is 62.8 Å². The molecule has 0 radical (unpaired) electrons. The highest BCUT2D eigenvalue weighted by Gasteiger charge is 2.04. The highest BCUT2D eigenvalue weighted by molar-refractivity contribution is 6.17. The number of aromatic nitrogens is 2. The van der Waals surface area contributed by atoms with E-state index in [1.54, 1.807) is 10.8 Å². The first-order valence-electron chi connectivity index (χ1n) is 8.70. The molecule has 1 N–H and O–H groups in total. The molecule has 0 spiro atoms. The molecule has 0 bridgehead atoms. The van der Waals surface area contributed by atoms with Crippen LogP contribution in [-0.4, -0.2) is 42.1 Å². The summed E-state index contributed by atoms with van der Waals surface area (Å²) in [6, 6.07) is 8.03. The number of hydrogen-bond acceptors (Lipinski definition) is 4. The smallest absolute Gasteiger partial charge is 0.275 e. The Morgan fingerprint density at radius 2 is 2.00 bits per heavy atom. The van der Waals surface area contributed by atoms with Gasteiger partial charge in [-0.05, 0) is 42.3 Å². The number of halogens is 1. The molecule has 0 unspecified atom stereocenters. The number of alkyl halides is 1. The standard InChI is InChI=1S/C20H22ClN5O/c1-25(2)17-7-4-15(5-8-17)12-18-20(27)26(11-3-10-21)19(24-18)9-6-16-13-22-14-23-16/h4-9,12-14,24H,3,10-11H2,1-2H3/b16-6+,18-12-,19-9+. The van der Waals surface area contributed by atoms with Crippen molar-refractivity contribution in [1.29, 1.82) is 0 Å². The van der Waals surface area contributed by atoms with E-state index >= 15 is 0 Å². The average molecular weight is 384 g/mol. The van der Waals surface area contributed by atoms with Crippen LogP contribution in [0.1, 0.15) is 12.0 Å². The second-order valence-electron chi connectivity index (χ2n) is 6.33. The first kappa shape index (κ1) is 18.9. The van der Waals surface area contributed by atoms with E-state index in [0.29, 0.717) is 29.7 Å². The molecule has 1 aromatic heterocycles. The summed E-state index contributed by atoms with van der Waals surface area (Å²) in [6.45, 7) is 0.554. The molecule has 0 atom stereocenters. The summed E-state index contributed by atoms with van der Waals surface area (Å²) in [5.41, 5.74) is 3.46. The van der Waals surface area contributed by atoms with Crippen molar-refractivity contribution < 1.29 is 0 Å². The van der Waals surface area contributed by atoms with Gasteiger partial charge in [0, 0.05) is 32.2 Å². The molecule has 3 rings (SSSR count). The van der Waals surface area contributed by atoms with Crippen LogP contribution in [0, 0.1) is 0 Å². The Morgan fingerprint density at radius 1 is 1.22 bits per heavy atom. The van der Waals surface area contributed by atoms with Crippen LogP contribution < -0.4 is 21.3 Å². The normalized spacial score (nSPS) is 16.0. The van der Waals surface area contributed by atoms with E-state index < -0.39 is 0 Å².